The van der Waals surface area contributed by atoms with E-state index in [-0.39, 0.29) is 4.75 Å². The van der Waals surface area contributed by atoms with Gasteiger partial charge in [0.15, 0.2) is 17.5 Å². The Bertz CT molecular complexity index is 547. The van der Waals surface area contributed by atoms with Crippen molar-refractivity contribution in [2.45, 2.75) is 31.9 Å². The van der Waals surface area contributed by atoms with Crippen molar-refractivity contribution in [3.05, 3.63) is 18.2 Å². The van der Waals surface area contributed by atoms with Crippen LogP contribution in [0.15, 0.2) is 23.2 Å². The average molecular weight is 337 g/mol. The third-order valence-corrected chi connectivity index (χ3v) is 4.76. The number of fused-ring (bicyclic) bond motifs is 1. The molecule has 0 aliphatic carbocycles. The molecule has 2 rings (SSSR count). The first-order chi connectivity index (χ1) is 11.0. The number of nitrogens with one attached hydrogen (secondary N) is 2. The molecular weight excluding hydrogens is 310 g/mol. The van der Waals surface area contributed by atoms with Crippen LogP contribution in [0.1, 0.15) is 27.2 Å². The molecule has 5 nitrogen and oxygen atoms in total. The van der Waals surface area contributed by atoms with Gasteiger partial charge in [-0.3, -0.25) is 4.99 Å². The lowest BCUT2D eigenvalue weighted by atomic mass is 10.2. The van der Waals surface area contributed by atoms with Gasteiger partial charge in [-0.2, -0.15) is 11.8 Å². The molecule has 0 spiro atoms. The molecule has 0 saturated carbocycles. The molecule has 1 heterocycles. The standard InChI is InChI=1S/C17H27N3O2S/c1-5-18-16(19-12-17(2,3)23-4)20-13-7-8-14-15(11-13)22-10-6-9-21-14/h7-8,11H,5-6,9-10,12H2,1-4H3,(H2,18,19,20). The van der Waals surface area contributed by atoms with E-state index in [1.165, 1.54) is 0 Å². The Morgan fingerprint density at radius 3 is 2.70 bits per heavy atom. The molecule has 0 aromatic heterocycles. The van der Waals surface area contributed by atoms with Crippen LogP contribution in [0.25, 0.3) is 0 Å². The van der Waals surface area contributed by atoms with Crippen molar-refractivity contribution in [2.75, 3.05) is 37.9 Å². The Morgan fingerprint density at radius 2 is 2.00 bits per heavy atom. The molecule has 2 N–H and O–H groups in total. The van der Waals surface area contributed by atoms with E-state index in [1.807, 2.05) is 30.0 Å². The summed E-state index contributed by atoms with van der Waals surface area (Å²) in [6.07, 6.45) is 3.02. The minimum Gasteiger partial charge on any atom is -0.490 e. The van der Waals surface area contributed by atoms with Crippen LogP contribution in [0.3, 0.4) is 0 Å². The molecular formula is C17H27N3O2S. The van der Waals surface area contributed by atoms with E-state index >= 15 is 0 Å². The number of anilines is 1. The number of rotatable bonds is 5. The number of guanidine groups is 1. The van der Waals surface area contributed by atoms with E-state index in [2.05, 4.69) is 42.7 Å². The zero-order valence-corrected chi connectivity index (χ0v) is 15.3. The second kappa shape index (κ2) is 8.34. The summed E-state index contributed by atoms with van der Waals surface area (Å²) >= 11 is 1.82. The predicted octanol–water partition coefficient (Wildman–Crippen LogP) is 3.37. The fraction of sp³-hybridized carbons (Fsp3) is 0.588. The number of aliphatic imine (C=N–C) groups is 1. The Morgan fingerprint density at radius 1 is 1.26 bits per heavy atom. The van der Waals surface area contributed by atoms with Crippen molar-refractivity contribution < 1.29 is 9.47 Å². The lowest BCUT2D eigenvalue weighted by Crippen LogP contribution is -2.32. The van der Waals surface area contributed by atoms with Crippen molar-refractivity contribution in [2.24, 2.45) is 4.99 Å². The number of benzene rings is 1. The fourth-order valence-electron chi connectivity index (χ4n) is 2.02. The van der Waals surface area contributed by atoms with Gasteiger partial charge in [-0.25, -0.2) is 0 Å². The van der Waals surface area contributed by atoms with E-state index in [0.717, 1.165) is 42.7 Å². The van der Waals surface area contributed by atoms with Gasteiger partial charge in [0.1, 0.15) is 0 Å². The van der Waals surface area contributed by atoms with E-state index in [1.54, 1.807) is 0 Å². The Hall–Kier alpha value is -1.56. The van der Waals surface area contributed by atoms with E-state index in [4.69, 9.17) is 9.47 Å². The molecule has 0 saturated heterocycles. The highest BCUT2D eigenvalue weighted by molar-refractivity contribution is 7.99. The number of thioether (sulfide) groups is 1. The number of ether oxygens (including phenoxy) is 2. The van der Waals surface area contributed by atoms with Gasteiger partial charge >= 0.3 is 0 Å². The summed E-state index contributed by atoms with van der Waals surface area (Å²) in [5.74, 6) is 2.37. The second-order valence-electron chi connectivity index (χ2n) is 6.00. The normalized spacial score (nSPS) is 15.0. The zero-order chi connectivity index (χ0) is 16.7. The third-order valence-electron chi connectivity index (χ3n) is 3.53. The maximum absolute atomic E-state index is 5.73. The van der Waals surface area contributed by atoms with Crippen LogP contribution in [-0.4, -0.2) is 43.3 Å². The van der Waals surface area contributed by atoms with Gasteiger partial charge in [0.05, 0.1) is 19.8 Å². The highest BCUT2D eigenvalue weighted by Gasteiger charge is 2.16. The Kier molecular flexibility index (Phi) is 6.45. The van der Waals surface area contributed by atoms with E-state index in [0.29, 0.717) is 13.2 Å². The van der Waals surface area contributed by atoms with Crippen LogP contribution in [0.5, 0.6) is 11.5 Å². The lowest BCUT2D eigenvalue weighted by Gasteiger charge is -2.20. The first-order valence-corrected chi connectivity index (χ1v) is 9.26. The Labute approximate surface area is 143 Å². The van der Waals surface area contributed by atoms with Crippen LogP contribution in [0.4, 0.5) is 5.69 Å². The molecule has 1 aromatic carbocycles. The summed E-state index contributed by atoms with van der Waals surface area (Å²) in [4.78, 5) is 4.68. The summed E-state index contributed by atoms with van der Waals surface area (Å²) in [6, 6.07) is 5.89. The van der Waals surface area contributed by atoms with Gasteiger partial charge in [0.2, 0.25) is 0 Å². The highest BCUT2D eigenvalue weighted by atomic mass is 32.2. The van der Waals surface area contributed by atoms with Gasteiger partial charge in [0.25, 0.3) is 0 Å². The third kappa shape index (κ3) is 5.53. The van der Waals surface area contributed by atoms with Crippen molar-refractivity contribution in [1.82, 2.24) is 5.32 Å². The topological polar surface area (TPSA) is 54.9 Å². The summed E-state index contributed by atoms with van der Waals surface area (Å²) in [5.41, 5.74) is 0.941. The van der Waals surface area contributed by atoms with Crippen molar-refractivity contribution >= 4 is 23.4 Å². The van der Waals surface area contributed by atoms with Gasteiger partial charge in [-0.05, 0) is 39.2 Å². The van der Waals surface area contributed by atoms with Crippen LogP contribution < -0.4 is 20.1 Å². The molecule has 0 unspecified atom stereocenters. The van der Waals surface area contributed by atoms with Crippen LogP contribution in [-0.2, 0) is 0 Å². The van der Waals surface area contributed by atoms with Gasteiger partial charge in [-0.1, -0.05) is 0 Å². The predicted molar refractivity (Wildman–Crippen MR) is 99.2 cm³/mol. The maximum Gasteiger partial charge on any atom is 0.195 e. The van der Waals surface area contributed by atoms with Crippen LogP contribution >= 0.6 is 11.8 Å². The zero-order valence-electron chi connectivity index (χ0n) is 14.4. The fourth-order valence-corrected chi connectivity index (χ4v) is 2.21. The average Bonchev–Trinajstić information content (AvgIpc) is 2.78. The van der Waals surface area contributed by atoms with Crippen molar-refractivity contribution in [3.63, 3.8) is 0 Å². The molecule has 23 heavy (non-hydrogen) atoms. The number of hydrogen-bond acceptors (Lipinski definition) is 4. The molecule has 0 amide bonds. The molecule has 0 atom stereocenters. The molecule has 1 aliphatic heterocycles. The summed E-state index contributed by atoms with van der Waals surface area (Å²) in [6.45, 7) is 9.39. The summed E-state index contributed by atoms with van der Waals surface area (Å²) < 4.78 is 11.5. The Balaban J connectivity index is 2.10. The SMILES string of the molecule is CCNC(=NCC(C)(C)SC)Nc1ccc2c(c1)OCCCO2. The quantitative estimate of drug-likeness (QED) is 0.637. The molecule has 1 aliphatic rings. The second-order valence-corrected chi connectivity index (χ2v) is 7.51. The first-order valence-electron chi connectivity index (χ1n) is 8.04. The lowest BCUT2D eigenvalue weighted by molar-refractivity contribution is 0.297. The number of nitrogens with zero attached hydrogens (tertiary/aromatic N) is 1. The minimum atomic E-state index is 0.118. The number of hydrogen-bond donors (Lipinski definition) is 2. The monoisotopic (exact) mass is 337 g/mol. The van der Waals surface area contributed by atoms with Crippen molar-refractivity contribution in [1.29, 1.82) is 0 Å². The summed E-state index contributed by atoms with van der Waals surface area (Å²) in [7, 11) is 0. The van der Waals surface area contributed by atoms with Gasteiger partial charge < -0.3 is 20.1 Å². The smallest absolute Gasteiger partial charge is 0.195 e. The molecule has 6 heteroatoms. The molecule has 0 radical (unpaired) electrons. The van der Waals surface area contributed by atoms with E-state index < -0.39 is 0 Å². The molecule has 0 bridgehead atoms. The maximum atomic E-state index is 5.73. The van der Waals surface area contributed by atoms with Crippen molar-refractivity contribution in [3.8, 4) is 11.5 Å². The minimum absolute atomic E-state index is 0.118. The summed E-state index contributed by atoms with van der Waals surface area (Å²) in [5, 5.41) is 6.62. The highest BCUT2D eigenvalue weighted by Crippen LogP contribution is 2.32. The molecule has 128 valence electrons. The molecule has 1 aromatic rings. The van der Waals surface area contributed by atoms with Gasteiger partial charge in [0, 0.05) is 29.5 Å². The largest absolute Gasteiger partial charge is 0.490 e. The molecule has 0 fully saturated rings. The van der Waals surface area contributed by atoms with Crippen LogP contribution in [0.2, 0.25) is 0 Å². The van der Waals surface area contributed by atoms with Gasteiger partial charge in [-0.15, -0.1) is 0 Å². The first kappa shape index (κ1) is 17.8. The van der Waals surface area contributed by atoms with E-state index in [9.17, 15) is 0 Å². The van der Waals surface area contributed by atoms with Crippen LogP contribution in [0, 0.1) is 0 Å².